The molecular formula is C8H10N4. The van der Waals surface area contributed by atoms with Gasteiger partial charge in [0.05, 0.1) is 12.5 Å². The predicted octanol–water partition coefficient (Wildman–Crippen LogP) is 1.41. The molecule has 0 radical (unpaired) electrons. The number of nitrogens with zero attached hydrogens (tertiary/aromatic N) is 4. The molecule has 0 amide bonds. The Morgan fingerprint density at radius 1 is 1.33 bits per heavy atom. The Hall–Kier alpha value is -1.45. The van der Waals surface area contributed by atoms with Gasteiger partial charge in [0.15, 0.2) is 5.65 Å². The van der Waals surface area contributed by atoms with E-state index in [9.17, 15) is 0 Å². The maximum atomic E-state index is 4.15. The van der Waals surface area contributed by atoms with E-state index in [-0.39, 0.29) is 0 Å². The van der Waals surface area contributed by atoms with Gasteiger partial charge >= 0.3 is 0 Å². The van der Waals surface area contributed by atoms with Crippen molar-refractivity contribution in [2.75, 3.05) is 0 Å². The Morgan fingerprint density at radius 2 is 2.17 bits per heavy atom. The Balaban J connectivity index is 2.70. The highest BCUT2D eigenvalue weighted by Crippen LogP contribution is 2.13. The van der Waals surface area contributed by atoms with E-state index in [0.717, 1.165) is 11.2 Å². The summed E-state index contributed by atoms with van der Waals surface area (Å²) in [5.41, 5.74) is 1.76. The summed E-state index contributed by atoms with van der Waals surface area (Å²) < 4.78 is 2.05. The van der Waals surface area contributed by atoms with Gasteiger partial charge < -0.3 is 4.57 Å². The third-order valence-electron chi connectivity index (χ3n) is 1.81. The highest BCUT2D eigenvalue weighted by molar-refractivity contribution is 5.69. The minimum Gasteiger partial charge on any atom is -0.325 e. The van der Waals surface area contributed by atoms with Crippen molar-refractivity contribution in [2.45, 2.75) is 19.9 Å². The summed E-state index contributed by atoms with van der Waals surface area (Å²) in [6.07, 6.45) is 5.10. The third-order valence-corrected chi connectivity index (χ3v) is 1.81. The van der Waals surface area contributed by atoms with Crippen molar-refractivity contribution in [3.05, 3.63) is 18.9 Å². The molecule has 0 saturated heterocycles. The molecule has 62 valence electrons. The third kappa shape index (κ3) is 0.958. The lowest BCUT2D eigenvalue weighted by Crippen LogP contribution is -1.98. The Kier molecular flexibility index (Phi) is 1.53. The van der Waals surface area contributed by atoms with E-state index in [1.54, 1.807) is 12.5 Å². The van der Waals surface area contributed by atoms with Crippen LogP contribution in [0.5, 0.6) is 0 Å². The second-order valence-electron chi connectivity index (χ2n) is 2.98. The zero-order valence-corrected chi connectivity index (χ0v) is 7.10. The van der Waals surface area contributed by atoms with E-state index in [1.165, 1.54) is 6.33 Å². The molecule has 0 unspecified atom stereocenters. The van der Waals surface area contributed by atoms with Crippen molar-refractivity contribution in [3.63, 3.8) is 0 Å². The maximum Gasteiger partial charge on any atom is 0.180 e. The first-order valence-corrected chi connectivity index (χ1v) is 3.91. The molecule has 0 fully saturated rings. The Morgan fingerprint density at radius 3 is 2.92 bits per heavy atom. The maximum absolute atomic E-state index is 4.15. The van der Waals surface area contributed by atoms with Gasteiger partial charge in [-0.3, -0.25) is 0 Å². The summed E-state index contributed by atoms with van der Waals surface area (Å²) in [7, 11) is 0. The molecule has 4 nitrogen and oxygen atoms in total. The van der Waals surface area contributed by atoms with Crippen LogP contribution in [0.1, 0.15) is 19.9 Å². The van der Waals surface area contributed by atoms with Crippen LogP contribution in [0.3, 0.4) is 0 Å². The molecule has 2 aromatic heterocycles. The second kappa shape index (κ2) is 2.55. The van der Waals surface area contributed by atoms with Gasteiger partial charge in [0.1, 0.15) is 11.8 Å². The largest absolute Gasteiger partial charge is 0.325 e. The van der Waals surface area contributed by atoms with Gasteiger partial charge in [-0.15, -0.1) is 0 Å². The second-order valence-corrected chi connectivity index (χ2v) is 2.98. The Bertz CT molecular complexity index is 391. The molecule has 0 N–H and O–H groups in total. The summed E-state index contributed by atoms with van der Waals surface area (Å²) >= 11 is 0. The van der Waals surface area contributed by atoms with Gasteiger partial charge in [0.2, 0.25) is 0 Å². The highest BCUT2D eigenvalue weighted by Gasteiger charge is 2.04. The molecule has 0 aliphatic rings. The van der Waals surface area contributed by atoms with Gasteiger partial charge in [-0.1, -0.05) is 0 Å². The predicted molar refractivity (Wildman–Crippen MR) is 45.7 cm³/mol. The molecule has 4 heteroatoms. The summed E-state index contributed by atoms with van der Waals surface area (Å²) in [6.45, 7) is 4.21. The highest BCUT2D eigenvalue weighted by atomic mass is 15.1. The minimum absolute atomic E-state index is 0.404. The average molecular weight is 162 g/mol. The summed E-state index contributed by atoms with van der Waals surface area (Å²) in [5.74, 6) is 0. The molecular weight excluding hydrogens is 152 g/mol. The first-order valence-electron chi connectivity index (χ1n) is 3.91. The Labute approximate surface area is 70.3 Å². The normalized spacial score (nSPS) is 11.2. The summed E-state index contributed by atoms with van der Waals surface area (Å²) in [4.78, 5) is 12.1. The van der Waals surface area contributed by atoms with Crippen molar-refractivity contribution in [3.8, 4) is 0 Å². The smallest absolute Gasteiger partial charge is 0.180 e. The zero-order chi connectivity index (χ0) is 8.55. The topological polar surface area (TPSA) is 43.6 Å². The van der Waals surface area contributed by atoms with Gasteiger partial charge in [-0.05, 0) is 13.8 Å². The molecule has 0 saturated carbocycles. The van der Waals surface area contributed by atoms with Crippen LogP contribution < -0.4 is 0 Å². The average Bonchev–Trinajstić information content (AvgIpc) is 2.47. The lowest BCUT2D eigenvalue weighted by Gasteiger charge is -2.05. The standard InChI is InChI=1S/C8H10N4/c1-6(2)12-5-11-8-7(12)3-9-4-10-8/h3-6H,1-2H3. The molecule has 0 aromatic carbocycles. The molecule has 0 spiro atoms. The summed E-state index contributed by atoms with van der Waals surface area (Å²) in [5, 5.41) is 0. The lowest BCUT2D eigenvalue weighted by molar-refractivity contribution is 0.617. The number of hydrogen-bond acceptors (Lipinski definition) is 3. The van der Waals surface area contributed by atoms with Crippen molar-refractivity contribution < 1.29 is 0 Å². The van der Waals surface area contributed by atoms with E-state index in [4.69, 9.17) is 0 Å². The van der Waals surface area contributed by atoms with Gasteiger partial charge in [0.25, 0.3) is 0 Å². The van der Waals surface area contributed by atoms with Crippen molar-refractivity contribution in [1.82, 2.24) is 19.5 Å². The number of rotatable bonds is 1. The van der Waals surface area contributed by atoms with E-state index in [1.807, 2.05) is 0 Å². The van der Waals surface area contributed by atoms with Crippen LogP contribution in [0.25, 0.3) is 11.2 Å². The van der Waals surface area contributed by atoms with Crippen LogP contribution in [0.4, 0.5) is 0 Å². The first kappa shape index (κ1) is 7.21. The van der Waals surface area contributed by atoms with Gasteiger partial charge in [0, 0.05) is 6.04 Å². The minimum atomic E-state index is 0.404. The first-order chi connectivity index (χ1) is 5.79. The van der Waals surface area contributed by atoms with Crippen LogP contribution in [-0.4, -0.2) is 19.5 Å². The molecule has 0 bridgehead atoms. The monoisotopic (exact) mass is 162 g/mol. The molecule has 2 heterocycles. The van der Waals surface area contributed by atoms with E-state index < -0.39 is 0 Å². The van der Waals surface area contributed by atoms with E-state index in [2.05, 4.69) is 33.4 Å². The SMILES string of the molecule is CC(C)n1cnc2ncncc21. The number of hydrogen-bond donors (Lipinski definition) is 0. The number of aromatic nitrogens is 4. The molecule has 2 aromatic rings. The number of fused-ring (bicyclic) bond motifs is 1. The quantitative estimate of drug-likeness (QED) is 0.636. The van der Waals surface area contributed by atoms with Crippen molar-refractivity contribution in [2.24, 2.45) is 0 Å². The van der Waals surface area contributed by atoms with Crippen LogP contribution in [0, 0.1) is 0 Å². The van der Waals surface area contributed by atoms with Gasteiger partial charge in [-0.25, -0.2) is 15.0 Å². The van der Waals surface area contributed by atoms with Crippen LogP contribution >= 0.6 is 0 Å². The molecule has 2 rings (SSSR count). The van der Waals surface area contributed by atoms with Crippen molar-refractivity contribution in [1.29, 1.82) is 0 Å². The van der Waals surface area contributed by atoms with E-state index in [0.29, 0.717) is 6.04 Å². The fraction of sp³-hybridized carbons (Fsp3) is 0.375. The molecule has 0 aliphatic heterocycles. The molecule has 0 aliphatic carbocycles. The van der Waals surface area contributed by atoms with Crippen LogP contribution in [-0.2, 0) is 0 Å². The fourth-order valence-corrected chi connectivity index (χ4v) is 1.19. The summed E-state index contributed by atoms with van der Waals surface area (Å²) in [6, 6.07) is 0.404. The lowest BCUT2D eigenvalue weighted by atomic mass is 10.4. The fourth-order valence-electron chi connectivity index (χ4n) is 1.19. The van der Waals surface area contributed by atoms with Crippen molar-refractivity contribution >= 4 is 11.2 Å². The molecule has 12 heavy (non-hydrogen) atoms. The van der Waals surface area contributed by atoms with Gasteiger partial charge in [-0.2, -0.15) is 0 Å². The zero-order valence-electron chi connectivity index (χ0n) is 7.10. The van der Waals surface area contributed by atoms with E-state index >= 15 is 0 Å². The molecule has 0 atom stereocenters. The van der Waals surface area contributed by atoms with Crippen LogP contribution in [0.15, 0.2) is 18.9 Å². The number of imidazole rings is 1. The van der Waals surface area contributed by atoms with Crippen LogP contribution in [0.2, 0.25) is 0 Å².